The molecule has 1 amide bonds. The maximum atomic E-state index is 13.8. The number of para-hydroxylation sites is 1. The van der Waals surface area contributed by atoms with Gasteiger partial charge in [0.2, 0.25) is 0 Å². The van der Waals surface area contributed by atoms with E-state index in [1.807, 2.05) is 12.1 Å². The predicted molar refractivity (Wildman–Crippen MR) is 123 cm³/mol. The molecular formula is C25H17Cl2F2NO3. The summed E-state index contributed by atoms with van der Waals surface area (Å²) in [5, 5.41) is 3.35. The lowest BCUT2D eigenvalue weighted by atomic mass is 10.1. The highest BCUT2D eigenvalue weighted by Crippen LogP contribution is 2.27. The number of rotatable bonds is 7. The Kier molecular flexibility index (Phi) is 6.96. The Hall–Kier alpha value is -3.35. The van der Waals surface area contributed by atoms with Crippen LogP contribution in [0.3, 0.4) is 0 Å². The summed E-state index contributed by atoms with van der Waals surface area (Å²) in [4.78, 5) is 12.4. The summed E-state index contributed by atoms with van der Waals surface area (Å²) in [7, 11) is 0. The quantitative estimate of drug-likeness (QED) is 0.297. The van der Waals surface area contributed by atoms with Crippen molar-refractivity contribution in [2.75, 3.05) is 5.32 Å². The smallest absolute Gasteiger partial charge is 0.291 e. The zero-order valence-corrected chi connectivity index (χ0v) is 18.6. The summed E-state index contributed by atoms with van der Waals surface area (Å²) < 4.78 is 39.1. The van der Waals surface area contributed by atoms with Gasteiger partial charge in [-0.3, -0.25) is 4.79 Å². The van der Waals surface area contributed by atoms with Crippen molar-refractivity contribution in [3.63, 3.8) is 0 Å². The molecule has 0 fully saturated rings. The molecule has 0 atom stereocenters. The Morgan fingerprint density at radius 2 is 1.61 bits per heavy atom. The molecule has 0 aliphatic rings. The molecule has 0 aliphatic carbocycles. The average Bonchev–Trinajstić information content (AvgIpc) is 3.25. The molecule has 3 aromatic carbocycles. The summed E-state index contributed by atoms with van der Waals surface area (Å²) in [6.07, 6.45) is 0.290. The lowest BCUT2D eigenvalue weighted by molar-refractivity contribution is 0.0994. The number of hydrogen-bond acceptors (Lipinski definition) is 3. The fraction of sp³-hybridized carbons (Fsp3) is 0.0800. The molecule has 0 aliphatic heterocycles. The largest absolute Gasteiger partial charge is 0.489 e. The molecule has 0 saturated heterocycles. The van der Waals surface area contributed by atoms with Crippen molar-refractivity contribution in [3.8, 4) is 5.75 Å². The van der Waals surface area contributed by atoms with E-state index < -0.39 is 23.2 Å². The van der Waals surface area contributed by atoms with E-state index in [1.54, 1.807) is 36.4 Å². The molecule has 0 radical (unpaired) electrons. The van der Waals surface area contributed by atoms with Crippen molar-refractivity contribution in [3.05, 3.63) is 117 Å². The van der Waals surface area contributed by atoms with E-state index in [4.69, 9.17) is 32.4 Å². The number of halogens is 4. The van der Waals surface area contributed by atoms with Gasteiger partial charge in [-0.2, -0.15) is 0 Å². The van der Waals surface area contributed by atoms with Gasteiger partial charge in [-0.25, -0.2) is 8.78 Å². The van der Waals surface area contributed by atoms with E-state index in [0.29, 0.717) is 28.2 Å². The minimum Gasteiger partial charge on any atom is -0.489 e. The molecule has 8 heteroatoms. The van der Waals surface area contributed by atoms with Crippen molar-refractivity contribution in [1.29, 1.82) is 0 Å². The first-order valence-corrected chi connectivity index (χ1v) is 10.6. The van der Waals surface area contributed by atoms with E-state index in [1.165, 1.54) is 12.1 Å². The Balaban J connectivity index is 1.47. The second-order valence-electron chi connectivity index (χ2n) is 7.16. The number of anilines is 1. The molecule has 1 N–H and O–H groups in total. The predicted octanol–water partition coefficient (Wildman–Crippen LogP) is 7.29. The number of nitrogens with one attached hydrogen (secondary N) is 1. The lowest BCUT2D eigenvalue weighted by Crippen LogP contribution is -2.13. The number of ether oxygens (including phenoxy) is 1. The van der Waals surface area contributed by atoms with Crippen LogP contribution in [-0.4, -0.2) is 5.91 Å². The van der Waals surface area contributed by atoms with Crippen molar-refractivity contribution in [1.82, 2.24) is 0 Å². The van der Waals surface area contributed by atoms with Gasteiger partial charge in [-0.1, -0.05) is 41.4 Å². The van der Waals surface area contributed by atoms with Gasteiger partial charge < -0.3 is 14.5 Å². The fourth-order valence-corrected chi connectivity index (χ4v) is 3.46. The molecule has 0 spiro atoms. The van der Waals surface area contributed by atoms with Gasteiger partial charge in [0.1, 0.15) is 35.4 Å². The first kappa shape index (κ1) is 22.8. The fourth-order valence-electron chi connectivity index (χ4n) is 3.14. The van der Waals surface area contributed by atoms with Crippen molar-refractivity contribution in [2.45, 2.75) is 13.0 Å². The van der Waals surface area contributed by atoms with Crippen LogP contribution in [-0.2, 0) is 13.0 Å². The Bertz CT molecular complexity index is 1270. The average molecular weight is 488 g/mol. The molecule has 4 aromatic rings. The summed E-state index contributed by atoms with van der Waals surface area (Å²) in [5.41, 5.74) is 1.16. The third-order valence-corrected chi connectivity index (χ3v) is 5.27. The highest BCUT2D eigenvalue weighted by Gasteiger charge is 2.17. The first-order chi connectivity index (χ1) is 15.9. The van der Waals surface area contributed by atoms with Gasteiger partial charge in [0, 0.05) is 22.0 Å². The van der Waals surface area contributed by atoms with Crippen molar-refractivity contribution >= 4 is 34.8 Å². The molecule has 0 bridgehead atoms. The van der Waals surface area contributed by atoms with Crippen LogP contribution in [0, 0.1) is 11.6 Å². The molecule has 4 nitrogen and oxygen atoms in total. The Morgan fingerprint density at radius 3 is 2.33 bits per heavy atom. The van der Waals surface area contributed by atoms with Crippen molar-refractivity contribution in [2.24, 2.45) is 0 Å². The molecule has 1 heterocycles. The standard InChI is InChI=1S/C25H17Cl2F2NO3/c26-17-6-4-15(5-7-17)14-32-22-10-8-18(27)12-16(22)13-19-9-11-23(33-19)25(31)30-24-20(28)2-1-3-21(24)29/h1-12H,13-14H2,(H,30,31). The third kappa shape index (κ3) is 5.72. The third-order valence-electron chi connectivity index (χ3n) is 4.78. The monoisotopic (exact) mass is 487 g/mol. The number of amides is 1. The van der Waals surface area contributed by atoms with Gasteiger partial charge in [0.15, 0.2) is 5.76 Å². The van der Waals surface area contributed by atoms with Crippen LogP contribution in [0.15, 0.2) is 77.2 Å². The van der Waals surface area contributed by atoms with E-state index >= 15 is 0 Å². The van der Waals surface area contributed by atoms with E-state index in [9.17, 15) is 13.6 Å². The van der Waals surface area contributed by atoms with Crippen LogP contribution in [0.25, 0.3) is 0 Å². The highest BCUT2D eigenvalue weighted by atomic mass is 35.5. The summed E-state index contributed by atoms with van der Waals surface area (Å²) in [5.74, 6) is -1.56. The molecule has 168 valence electrons. The van der Waals surface area contributed by atoms with E-state index in [2.05, 4.69) is 5.32 Å². The van der Waals surface area contributed by atoms with Gasteiger partial charge >= 0.3 is 0 Å². The number of carbonyl (C=O) groups excluding carboxylic acids is 1. The molecular weight excluding hydrogens is 471 g/mol. The SMILES string of the molecule is O=C(Nc1c(F)cccc1F)c1ccc(Cc2cc(Cl)ccc2OCc2ccc(Cl)cc2)o1. The Labute approximate surface area is 198 Å². The van der Waals surface area contributed by atoms with Gasteiger partial charge in [-0.15, -0.1) is 0 Å². The van der Waals surface area contributed by atoms with Crippen molar-refractivity contribution < 1.29 is 22.7 Å². The number of furan rings is 1. The van der Waals surface area contributed by atoms with E-state index in [0.717, 1.165) is 23.3 Å². The van der Waals surface area contributed by atoms with Crippen LogP contribution >= 0.6 is 23.2 Å². The van der Waals surface area contributed by atoms with Crippen LogP contribution < -0.4 is 10.1 Å². The highest BCUT2D eigenvalue weighted by molar-refractivity contribution is 6.30. The maximum Gasteiger partial charge on any atom is 0.291 e. The van der Waals surface area contributed by atoms with E-state index in [-0.39, 0.29) is 12.2 Å². The Morgan fingerprint density at radius 1 is 0.909 bits per heavy atom. The number of hydrogen-bond donors (Lipinski definition) is 1. The van der Waals surface area contributed by atoms with Crippen LogP contribution in [0.2, 0.25) is 10.0 Å². The minimum atomic E-state index is -0.878. The zero-order valence-electron chi connectivity index (χ0n) is 17.1. The normalized spacial score (nSPS) is 10.8. The zero-order chi connectivity index (χ0) is 23.4. The van der Waals surface area contributed by atoms with Crippen LogP contribution in [0.5, 0.6) is 5.75 Å². The van der Waals surface area contributed by atoms with Gasteiger partial charge in [0.25, 0.3) is 5.91 Å². The maximum absolute atomic E-state index is 13.8. The first-order valence-electron chi connectivity index (χ1n) is 9.89. The van der Waals surface area contributed by atoms with Crippen LogP contribution in [0.4, 0.5) is 14.5 Å². The number of carbonyl (C=O) groups is 1. The topological polar surface area (TPSA) is 51.5 Å². The second-order valence-corrected chi connectivity index (χ2v) is 8.03. The molecule has 0 saturated carbocycles. The molecule has 0 unspecified atom stereocenters. The molecule has 1 aromatic heterocycles. The van der Waals surface area contributed by atoms with Gasteiger partial charge in [-0.05, 0) is 60.2 Å². The molecule has 33 heavy (non-hydrogen) atoms. The summed E-state index contributed by atoms with van der Waals surface area (Å²) >= 11 is 12.1. The van der Waals surface area contributed by atoms with Crippen LogP contribution in [0.1, 0.15) is 27.4 Å². The summed E-state index contributed by atoms with van der Waals surface area (Å²) in [6.45, 7) is 0.325. The number of benzene rings is 3. The second kappa shape index (κ2) is 10.1. The van der Waals surface area contributed by atoms with Gasteiger partial charge in [0.05, 0.1) is 0 Å². The lowest BCUT2D eigenvalue weighted by Gasteiger charge is -2.12. The molecule has 4 rings (SSSR count). The minimum absolute atomic E-state index is 0.0849. The summed E-state index contributed by atoms with van der Waals surface area (Å²) in [6, 6.07) is 18.9.